The maximum Gasteiger partial charge on any atom is 0.00933 e. The summed E-state index contributed by atoms with van der Waals surface area (Å²) >= 11 is 0. The van der Waals surface area contributed by atoms with Gasteiger partial charge in [0, 0.05) is 5.92 Å². The molecular formula is C21H27. The molecule has 0 saturated heterocycles. The van der Waals surface area contributed by atoms with E-state index in [9.17, 15) is 0 Å². The molecule has 0 amide bonds. The lowest BCUT2D eigenvalue weighted by Crippen LogP contribution is -2.10. The van der Waals surface area contributed by atoms with E-state index in [1.54, 1.807) is 0 Å². The quantitative estimate of drug-likeness (QED) is 0.563. The van der Waals surface area contributed by atoms with Crippen LogP contribution in [-0.2, 0) is 0 Å². The molecule has 1 radical (unpaired) electrons. The lowest BCUT2D eigenvalue weighted by Gasteiger charge is -2.25. The van der Waals surface area contributed by atoms with E-state index in [0.29, 0.717) is 5.92 Å². The molecule has 1 atom stereocenters. The molecule has 0 N–H and O–H groups in total. The zero-order chi connectivity index (χ0) is 15.1. The largest absolute Gasteiger partial charge is 0.0628 e. The van der Waals surface area contributed by atoms with Gasteiger partial charge in [-0.3, -0.25) is 0 Å². The minimum Gasteiger partial charge on any atom is -0.0628 e. The summed E-state index contributed by atoms with van der Waals surface area (Å²) < 4.78 is 0. The molecule has 2 aromatic rings. The van der Waals surface area contributed by atoms with E-state index in [1.807, 2.05) is 0 Å². The van der Waals surface area contributed by atoms with Crippen LogP contribution in [0.25, 0.3) is 0 Å². The summed E-state index contributed by atoms with van der Waals surface area (Å²) in [5.41, 5.74) is 2.82. The molecule has 21 heavy (non-hydrogen) atoms. The number of rotatable bonds is 7. The predicted molar refractivity (Wildman–Crippen MR) is 92.3 cm³/mol. The summed E-state index contributed by atoms with van der Waals surface area (Å²) in [4.78, 5) is 0. The fraction of sp³-hybridized carbons (Fsp3) is 0.381. The molecule has 0 heterocycles. The van der Waals surface area contributed by atoms with Crippen molar-refractivity contribution in [3.63, 3.8) is 0 Å². The lowest BCUT2D eigenvalue weighted by atomic mass is 9.79. The summed E-state index contributed by atoms with van der Waals surface area (Å²) in [5.74, 6) is 2.82. The van der Waals surface area contributed by atoms with E-state index in [4.69, 9.17) is 0 Å². The maximum atomic E-state index is 2.31. The lowest BCUT2D eigenvalue weighted by molar-refractivity contribution is 0.508. The average molecular weight is 279 g/mol. The summed E-state index contributed by atoms with van der Waals surface area (Å²) in [5, 5.41) is 0. The van der Waals surface area contributed by atoms with Gasteiger partial charge in [0.05, 0.1) is 0 Å². The van der Waals surface area contributed by atoms with Crippen LogP contribution in [-0.4, -0.2) is 0 Å². The van der Waals surface area contributed by atoms with Crippen molar-refractivity contribution in [1.82, 2.24) is 0 Å². The molecule has 0 spiro atoms. The fourth-order valence-corrected chi connectivity index (χ4v) is 2.95. The van der Waals surface area contributed by atoms with Crippen LogP contribution in [0.1, 0.15) is 57.1 Å². The van der Waals surface area contributed by atoms with Gasteiger partial charge in [-0.1, -0.05) is 94.3 Å². The van der Waals surface area contributed by atoms with Crippen LogP contribution in [0.15, 0.2) is 60.7 Å². The first kappa shape index (κ1) is 15.8. The highest BCUT2D eigenvalue weighted by Gasteiger charge is 2.21. The van der Waals surface area contributed by atoms with Crippen molar-refractivity contribution in [1.29, 1.82) is 0 Å². The second-order valence-electron chi connectivity index (χ2n) is 6.34. The van der Waals surface area contributed by atoms with E-state index in [1.165, 1.54) is 36.3 Å². The van der Waals surface area contributed by atoms with Crippen molar-refractivity contribution >= 4 is 0 Å². The minimum absolute atomic E-state index is 0.535. The molecule has 2 aromatic carbocycles. The first-order chi connectivity index (χ1) is 10.2. The van der Waals surface area contributed by atoms with Crippen LogP contribution in [0.5, 0.6) is 0 Å². The van der Waals surface area contributed by atoms with Crippen molar-refractivity contribution in [2.24, 2.45) is 5.92 Å². The smallest absolute Gasteiger partial charge is 0.00933 e. The van der Waals surface area contributed by atoms with Crippen LogP contribution in [0, 0.1) is 11.8 Å². The molecule has 0 aliphatic rings. The number of hydrogen-bond acceptors (Lipinski definition) is 0. The summed E-state index contributed by atoms with van der Waals surface area (Å²) in [6, 6.07) is 21.8. The van der Waals surface area contributed by atoms with Crippen molar-refractivity contribution in [3.8, 4) is 0 Å². The Morgan fingerprint density at radius 3 is 1.95 bits per heavy atom. The molecule has 0 nitrogen and oxygen atoms in total. The molecular weight excluding hydrogens is 252 g/mol. The molecule has 0 aliphatic heterocycles. The fourth-order valence-electron chi connectivity index (χ4n) is 2.95. The monoisotopic (exact) mass is 279 g/mol. The zero-order valence-corrected chi connectivity index (χ0v) is 13.5. The van der Waals surface area contributed by atoms with Crippen molar-refractivity contribution in [2.75, 3.05) is 0 Å². The van der Waals surface area contributed by atoms with E-state index in [-0.39, 0.29) is 0 Å². The van der Waals surface area contributed by atoms with Gasteiger partial charge in [-0.15, -0.1) is 0 Å². The van der Waals surface area contributed by atoms with Crippen molar-refractivity contribution in [3.05, 3.63) is 77.7 Å². The van der Waals surface area contributed by atoms with Gasteiger partial charge < -0.3 is 0 Å². The Morgan fingerprint density at radius 2 is 1.38 bits per heavy atom. The van der Waals surface area contributed by atoms with Crippen LogP contribution in [0.2, 0.25) is 0 Å². The first-order valence-electron chi connectivity index (χ1n) is 8.12. The van der Waals surface area contributed by atoms with Crippen LogP contribution < -0.4 is 0 Å². The SMILES string of the molecule is C[C](c1ccccc1)C(CCCC(C)C)c1ccccc1. The van der Waals surface area contributed by atoms with Gasteiger partial charge in [-0.05, 0) is 29.4 Å². The Bertz CT molecular complexity index is 498. The standard InChI is InChI=1S/C21H27/c1-17(2)11-10-16-21(20-14-8-5-9-15-20)18(3)19-12-6-4-7-13-19/h4-9,12-15,17,21H,10-11,16H2,1-3H3. The van der Waals surface area contributed by atoms with Gasteiger partial charge in [0.1, 0.15) is 0 Å². The molecule has 0 saturated carbocycles. The number of hydrogen-bond donors (Lipinski definition) is 0. The molecule has 0 aliphatic carbocycles. The van der Waals surface area contributed by atoms with E-state index in [2.05, 4.69) is 81.4 Å². The Labute approximate surface area is 130 Å². The highest BCUT2D eigenvalue weighted by atomic mass is 14.2. The molecule has 0 heteroatoms. The van der Waals surface area contributed by atoms with Gasteiger partial charge in [0.15, 0.2) is 0 Å². The zero-order valence-electron chi connectivity index (χ0n) is 13.5. The van der Waals surface area contributed by atoms with Gasteiger partial charge >= 0.3 is 0 Å². The first-order valence-corrected chi connectivity index (χ1v) is 8.12. The van der Waals surface area contributed by atoms with Gasteiger partial charge in [0.2, 0.25) is 0 Å². The van der Waals surface area contributed by atoms with E-state index >= 15 is 0 Å². The molecule has 0 bridgehead atoms. The molecule has 1 unspecified atom stereocenters. The molecule has 0 aromatic heterocycles. The Balaban J connectivity index is 2.15. The minimum atomic E-state index is 0.535. The average Bonchev–Trinajstić information content (AvgIpc) is 2.52. The molecule has 0 fully saturated rings. The highest BCUT2D eigenvalue weighted by Crippen LogP contribution is 2.36. The third-order valence-electron chi connectivity index (χ3n) is 4.23. The summed E-state index contributed by atoms with van der Waals surface area (Å²) in [6.45, 7) is 6.92. The highest BCUT2D eigenvalue weighted by molar-refractivity contribution is 5.37. The Morgan fingerprint density at radius 1 is 0.810 bits per heavy atom. The normalized spacial score (nSPS) is 12.8. The van der Waals surface area contributed by atoms with Gasteiger partial charge in [-0.25, -0.2) is 0 Å². The van der Waals surface area contributed by atoms with E-state index in [0.717, 1.165) is 5.92 Å². The summed E-state index contributed by atoms with van der Waals surface area (Å²) in [7, 11) is 0. The Hall–Kier alpha value is -1.56. The third-order valence-corrected chi connectivity index (χ3v) is 4.23. The van der Waals surface area contributed by atoms with Crippen LogP contribution in [0.3, 0.4) is 0 Å². The van der Waals surface area contributed by atoms with E-state index < -0.39 is 0 Å². The van der Waals surface area contributed by atoms with Gasteiger partial charge in [0.25, 0.3) is 0 Å². The number of benzene rings is 2. The van der Waals surface area contributed by atoms with Crippen molar-refractivity contribution in [2.45, 2.75) is 46.0 Å². The van der Waals surface area contributed by atoms with Gasteiger partial charge in [-0.2, -0.15) is 0 Å². The third kappa shape index (κ3) is 4.74. The second kappa shape index (κ2) is 8.02. The predicted octanol–water partition coefficient (Wildman–Crippen LogP) is 6.24. The van der Waals surface area contributed by atoms with Crippen molar-refractivity contribution < 1.29 is 0 Å². The Kier molecular flexibility index (Phi) is 6.04. The maximum absolute atomic E-state index is 2.31. The molecule has 111 valence electrons. The summed E-state index contributed by atoms with van der Waals surface area (Å²) in [6.07, 6.45) is 3.84. The van der Waals surface area contributed by atoms with Crippen LogP contribution >= 0.6 is 0 Å². The van der Waals surface area contributed by atoms with Crippen LogP contribution in [0.4, 0.5) is 0 Å². The molecule has 2 rings (SSSR count). The topological polar surface area (TPSA) is 0 Å². The second-order valence-corrected chi connectivity index (χ2v) is 6.34.